The molecule has 17 heavy (non-hydrogen) atoms. The average molecular weight is 239 g/mol. The molecule has 96 valence electrons. The molecule has 5 nitrogen and oxygen atoms in total. The van der Waals surface area contributed by atoms with Gasteiger partial charge in [-0.3, -0.25) is 0 Å². The van der Waals surface area contributed by atoms with Crippen molar-refractivity contribution >= 4 is 0 Å². The van der Waals surface area contributed by atoms with E-state index in [1.807, 2.05) is 27.8 Å². The first-order chi connectivity index (χ1) is 8.17. The monoisotopic (exact) mass is 239 g/mol. The van der Waals surface area contributed by atoms with Crippen molar-refractivity contribution in [2.75, 3.05) is 20.3 Å². The van der Waals surface area contributed by atoms with Gasteiger partial charge in [-0.2, -0.15) is 0 Å². The largest absolute Gasteiger partial charge is 0.458 e. The fourth-order valence-corrected chi connectivity index (χ4v) is 1.39. The van der Waals surface area contributed by atoms with Crippen LogP contribution in [0.1, 0.15) is 25.1 Å². The molecule has 0 spiro atoms. The minimum absolute atomic E-state index is 0.0375. The highest BCUT2D eigenvalue weighted by Gasteiger charge is 2.08. The normalized spacial score (nSPS) is 12.5. The van der Waals surface area contributed by atoms with Crippen LogP contribution in [0.3, 0.4) is 0 Å². The van der Waals surface area contributed by atoms with Crippen LogP contribution in [-0.4, -0.2) is 36.3 Å². The number of hydrogen-bond donors (Lipinski definition) is 1. The Hall–Kier alpha value is -1.20. The summed E-state index contributed by atoms with van der Waals surface area (Å²) in [4.78, 5) is 8.49. The van der Waals surface area contributed by atoms with Gasteiger partial charge in [0.25, 0.3) is 0 Å². The molecule has 0 fully saturated rings. The summed E-state index contributed by atoms with van der Waals surface area (Å²) in [5.74, 6) is 0. The molecule has 1 N–H and O–H groups in total. The first-order valence-electron chi connectivity index (χ1n) is 5.88. The first kappa shape index (κ1) is 13.9. The third kappa shape index (κ3) is 4.66. The van der Waals surface area contributed by atoms with Crippen LogP contribution in [0.4, 0.5) is 0 Å². The lowest BCUT2D eigenvalue weighted by atomic mass is 10.2. The lowest BCUT2D eigenvalue weighted by molar-refractivity contribution is 0.0606. The van der Waals surface area contributed by atoms with E-state index in [-0.39, 0.29) is 6.10 Å². The highest BCUT2D eigenvalue weighted by Crippen LogP contribution is 2.10. The number of aryl methyl sites for hydroxylation is 1. The van der Waals surface area contributed by atoms with Gasteiger partial charge in [0.15, 0.2) is 0 Å². The summed E-state index contributed by atoms with van der Waals surface area (Å²) >= 11 is 0. The third-order valence-corrected chi connectivity index (χ3v) is 2.29. The van der Waals surface area contributed by atoms with E-state index >= 15 is 0 Å². The Labute approximate surface area is 103 Å². The van der Waals surface area contributed by atoms with Crippen molar-refractivity contribution in [1.29, 1.82) is 0 Å². The van der Waals surface area contributed by atoms with Crippen LogP contribution >= 0.6 is 0 Å². The Kier molecular flexibility index (Phi) is 5.86. The lowest BCUT2D eigenvalue weighted by Gasteiger charge is -2.13. The number of nitrogens with one attached hydrogen (secondary N) is 1. The Bertz CT molecular complexity index is 345. The topological polar surface area (TPSA) is 56.3 Å². The van der Waals surface area contributed by atoms with E-state index < -0.39 is 0 Å². The molecule has 0 radical (unpaired) electrons. The van der Waals surface area contributed by atoms with E-state index in [0.717, 1.165) is 17.8 Å². The maximum Gasteiger partial charge on any atom is 0.316 e. The molecule has 1 aromatic rings. The number of nitrogens with zero attached hydrogens (tertiary/aromatic N) is 2. The molecule has 0 aliphatic carbocycles. The summed E-state index contributed by atoms with van der Waals surface area (Å²) in [6.07, 6.45) is 1.76. The van der Waals surface area contributed by atoms with Crippen LogP contribution < -0.4 is 10.1 Å². The van der Waals surface area contributed by atoms with E-state index in [0.29, 0.717) is 19.2 Å². The predicted octanol–water partition coefficient (Wildman–Crippen LogP) is 1.31. The van der Waals surface area contributed by atoms with Crippen molar-refractivity contribution in [3.05, 3.63) is 17.5 Å². The lowest BCUT2D eigenvalue weighted by Crippen LogP contribution is -2.20. The Morgan fingerprint density at radius 1 is 1.47 bits per heavy atom. The smallest absolute Gasteiger partial charge is 0.316 e. The van der Waals surface area contributed by atoms with Crippen molar-refractivity contribution in [2.24, 2.45) is 0 Å². The van der Waals surface area contributed by atoms with Gasteiger partial charge in [0.05, 0.1) is 6.61 Å². The molecule has 1 rings (SSSR count). The molecule has 1 atom stereocenters. The van der Waals surface area contributed by atoms with Gasteiger partial charge in [-0.25, -0.2) is 9.97 Å². The molecule has 0 aromatic carbocycles. The van der Waals surface area contributed by atoms with Gasteiger partial charge >= 0.3 is 6.01 Å². The zero-order chi connectivity index (χ0) is 12.7. The maximum atomic E-state index is 5.56. The van der Waals surface area contributed by atoms with Crippen LogP contribution in [-0.2, 0) is 11.3 Å². The fraction of sp³-hybridized carbons (Fsp3) is 0.667. The van der Waals surface area contributed by atoms with Crippen molar-refractivity contribution < 1.29 is 9.47 Å². The van der Waals surface area contributed by atoms with E-state index in [1.165, 1.54) is 0 Å². The number of aromatic nitrogens is 2. The second kappa shape index (κ2) is 7.19. The zero-order valence-corrected chi connectivity index (χ0v) is 11.0. The van der Waals surface area contributed by atoms with Crippen molar-refractivity contribution in [3.8, 4) is 6.01 Å². The molecule has 0 bridgehead atoms. The number of ether oxygens (including phenoxy) is 2. The Balaban J connectivity index is 2.57. The van der Waals surface area contributed by atoms with Crippen LogP contribution in [0.25, 0.3) is 0 Å². The van der Waals surface area contributed by atoms with Crippen LogP contribution in [0.2, 0.25) is 0 Å². The SMILES string of the molecule is CCOCC(C)Oc1ncc(CNC)c(C)n1. The van der Waals surface area contributed by atoms with Crippen LogP contribution in [0, 0.1) is 6.92 Å². The summed E-state index contributed by atoms with van der Waals surface area (Å²) < 4.78 is 10.8. The minimum Gasteiger partial charge on any atom is -0.458 e. The minimum atomic E-state index is -0.0375. The summed E-state index contributed by atoms with van der Waals surface area (Å²) in [7, 11) is 1.90. The zero-order valence-electron chi connectivity index (χ0n) is 11.0. The molecule has 0 aliphatic heterocycles. The van der Waals surface area contributed by atoms with Crippen molar-refractivity contribution in [2.45, 2.75) is 33.4 Å². The number of hydrogen-bond acceptors (Lipinski definition) is 5. The predicted molar refractivity (Wildman–Crippen MR) is 66.1 cm³/mol. The highest BCUT2D eigenvalue weighted by molar-refractivity contribution is 5.17. The van der Waals surface area contributed by atoms with Gasteiger partial charge in [0, 0.05) is 30.6 Å². The fourth-order valence-electron chi connectivity index (χ4n) is 1.39. The summed E-state index contributed by atoms with van der Waals surface area (Å²) in [5.41, 5.74) is 2.02. The van der Waals surface area contributed by atoms with Gasteiger partial charge in [-0.1, -0.05) is 0 Å². The molecule has 0 saturated heterocycles. The van der Waals surface area contributed by atoms with E-state index in [2.05, 4.69) is 15.3 Å². The maximum absolute atomic E-state index is 5.56. The van der Waals surface area contributed by atoms with E-state index in [1.54, 1.807) is 6.20 Å². The molecule has 0 aliphatic rings. The van der Waals surface area contributed by atoms with E-state index in [9.17, 15) is 0 Å². The van der Waals surface area contributed by atoms with Gasteiger partial charge in [-0.15, -0.1) is 0 Å². The van der Waals surface area contributed by atoms with Gasteiger partial charge in [-0.05, 0) is 27.8 Å². The molecule has 1 aromatic heterocycles. The standard InChI is InChI=1S/C12H21N3O2/c1-5-16-8-9(2)17-12-14-7-11(6-13-4)10(3)15-12/h7,9,13H,5-6,8H2,1-4H3. The highest BCUT2D eigenvalue weighted by atomic mass is 16.5. The second-order valence-electron chi connectivity index (χ2n) is 3.88. The molecular weight excluding hydrogens is 218 g/mol. The van der Waals surface area contributed by atoms with Crippen molar-refractivity contribution in [1.82, 2.24) is 15.3 Å². The summed E-state index contributed by atoms with van der Waals surface area (Å²) in [5, 5.41) is 3.07. The van der Waals surface area contributed by atoms with Gasteiger partial charge in [0.1, 0.15) is 6.10 Å². The summed E-state index contributed by atoms with van der Waals surface area (Å²) in [6, 6.07) is 0.412. The Morgan fingerprint density at radius 3 is 2.82 bits per heavy atom. The molecule has 1 unspecified atom stereocenters. The molecule has 5 heteroatoms. The molecule has 0 saturated carbocycles. The molecule has 1 heterocycles. The first-order valence-corrected chi connectivity index (χ1v) is 5.88. The van der Waals surface area contributed by atoms with E-state index in [4.69, 9.17) is 9.47 Å². The Morgan fingerprint density at radius 2 is 2.24 bits per heavy atom. The van der Waals surface area contributed by atoms with Crippen LogP contribution in [0.15, 0.2) is 6.20 Å². The summed E-state index contributed by atoms with van der Waals surface area (Å²) in [6.45, 7) is 7.86. The van der Waals surface area contributed by atoms with Gasteiger partial charge < -0.3 is 14.8 Å². The average Bonchev–Trinajstić information content (AvgIpc) is 2.30. The quantitative estimate of drug-likeness (QED) is 0.777. The van der Waals surface area contributed by atoms with Gasteiger partial charge in [0.2, 0.25) is 0 Å². The second-order valence-corrected chi connectivity index (χ2v) is 3.88. The van der Waals surface area contributed by atoms with Crippen molar-refractivity contribution in [3.63, 3.8) is 0 Å². The molecule has 0 amide bonds. The third-order valence-electron chi connectivity index (χ3n) is 2.29. The number of rotatable bonds is 7. The molecular formula is C12H21N3O2. The van der Waals surface area contributed by atoms with Crippen LogP contribution in [0.5, 0.6) is 6.01 Å².